The average Bonchev–Trinajstić information content (AvgIpc) is 2.31. The second kappa shape index (κ2) is 7.38. The number of ether oxygens (including phenoxy) is 1. The van der Waals surface area contributed by atoms with Crippen molar-refractivity contribution in [3.63, 3.8) is 0 Å². The predicted molar refractivity (Wildman–Crippen MR) is 71.7 cm³/mol. The van der Waals surface area contributed by atoms with E-state index in [9.17, 15) is 8.42 Å². The molecule has 0 saturated carbocycles. The molecule has 1 N–H and O–H groups in total. The maximum Gasteiger partial charge on any atom is 0.153 e. The van der Waals surface area contributed by atoms with Gasteiger partial charge in [0, 0.05) is 6.61 Å². The lowest BCUT2D eigenvalue weighted by Crippen LogP contribution is -2.16. The maximum absolute atomic E-state index is 11.5. The van der Waals surface area contributed by atoms with Crippen LogP contribution in [0.4, 0.5) is 0 Å². The van der Waals surface area contributed by atoms with Crippen LogP contribution in [0.15, 0.2) is 24.3 Å². The Morgan fingerprint density at radius 2 is 1.83 bits per heavy atom. The van der Waals surface area contributed by atoms with Crippen LogP contribution < -0.4 is 4.74 Å². The van der Waals surface area contributed by atoms with Gasteiger partial charge in [-0.3, -0.25) is 0 Å². The topological polar surface area (TPSA) is 63.6 Å². The molecule has 1 aromatic carbocycles. The minimum absolute atomic E-state index is 0.0548. The fourth-order valence-electron chi connectivity index (χ4n) is 1.58. The normalized spacial score (nSPS) is 11.4. The zero-order chi connectivity index (χ0) is 13.4. The first-order valence-corrected chi connectivity index (χ1v) is 7.92. The van der Waals surface area contributed by atoms with Gasteiger partial charge in [-0.05, 0) is 30.5 Å². The van der Waals surface area contributed by atoms with Gasteiger partial charge >= 0.3 is 0 Å². The quantitative estimate of drug-likeness (QED) is 0.777. The fourth-order valence-corrected chi connectivity index (χ4v) is 2.74. The lowest BCUT2D eigenvalue weighted by Gasteiger charge is -2.07. The summed E-state index contributed by atoms with van der Waals surface area (Å²) in [6.45, 7) is 2.15. The summed E-state index contributed by atoms with van der Waals surface area (Å²) in [5, 5.41) is 8.77. The van der Waals surface area contributed by atoms with Crippen LogP contribution in [0.1, 0.15) is 18.9 Å². The molecule has 0 aliphatic rings. The number of rotatable bonds is 8. The van der Waals surface area contributed by atoms with Gasteiger partial charge in [0.05, 0.1) is 11.5 Å². The van der Waals surface area contributed by atoms with E-state index >= 15 is 0 Å². The van der Waals surface area contributed by atoms with Crippen molar-refractivity contribution < 1.29 is 18.3 Å². The molecule has 0 radical (unpaired) electrons. The van der Waals surface area contributed by atoms with Gasteiger partial charge in [-0.2, -0.15) is 0 Å². The van der Waals surface area contributed by atoms with Crippen LogP contribution in [0.25, 0.3) is 0 Å². The van der Waals surface area contributed by atoms with Crippen molar-refractivity contribution >= 4 is 9.84 Å². The fraction of sp³-hybridized carbons (Fsp3) is 0.538. The molecule has 0 atom stereocenters. The second-order valence-corrected chi connectivity index (χ2v) is 6.42. The first kappa shape index (κ1) is 15.0. The highest BCUT2D eigenvalue weighted by atomic mass is 32.2. The molecule has 0 fully saturated rings. The molecular weight excluding hydrogens is 252 g/mol. The second-order valence-electron chi connectivity index (χ2n) is 4.12. The van der Waals surface area contributed by atoms with Crippen LogP contribution in [0, 0.1) is 0 Å². The van der Waals surface area contributed by atoms with E-state index in [1.165, 1.54) is 0 Å². The molecule has 0 bridgehead atoms. The SMILES string of the molecule is CCCS(=O)(=O)CCOc1ccc(CCO)cc1. The van der Waals surface area contributed by atoms with Crippen LogP contribution in [0.5, 0.6) is 5.75 Å². The van der Waals surface area contributed by atoms with E-state index in [-0.39, 0.29) is 24.7 Å². The number of aliphatic hydroxyl groups excluding tert-OH is 1. The first-order chi connectivity index (χ1) is 8.57. The van der Waals surface area contributed by atoms with Gasteiger partial charge in [-0.25, -0.2) is 8.42 Å². The van der Waals surface area contributed by atoms with E-state index in [1.807, 2.05) is 19.1 Å². The molecule has 18 heavy (non-hydrogen) atoms. The van der Waals surface area contributed by atoms with E-state index in [0.717, 1.165) is 5.56 Å². The van der Waals surface area contributed by atoms with Crippen molar-refractivity contribution in [1.29, 1.82) is 0 Å². The van der Waals surface area contributed by atoms with Crippen LogP contribution in [-0.4, -0.2) is 38.2 Å². The van der Waals surface area contributed by atoms with E-state index < -0.39 is 9.84 Å². The Morgan fingerprint density at radius 1 is 1.17 bits per heavy atom. The van der Waals surface area contributed by atoms with Crippen molar-refractivity contribution in [2.75, 3.05) is 24.7 Å². The number of sulfone groups is 1. The Hall–Kier alpha value is -1.07. The molecule has 0 spiro atoms. The highest BCUT2D eigenvalue weighted by Gasteiger charge is 2.09. The van der Waals surface area contributed by atoms with E-state index in [0.29, 0.717) is 18.6 Å². The Labute approximate surface area is 109 Å². The maximum atomic E-state index is 11.5. The molecule has 5 heteroatoms. The van der Waals surface area contributed by atoms with Crippen molar-refractivity contribution in [2.45, 2.75) is 19.8 Å². The van der Waals surface area contributed by atoms with Crippen molar-refractivity contribution in [1.82, 2.24) is 0 Å². The van der Waals surface area contributed by atoms with Gasteiger partial charge in [0.1, 0.15) is 12.4 Å². The third-order valence-electron chi connectivity index (χ3n) is 2.50. The number of aliphatic hydroxyl groups is 1. The van der Waals surface area contributed by atoms with E-state index in [4.69, 9.17) is 9.84 Å². The minimum atomic E-state index is -2.98. The number of hydrogen-bond donors (Lipinski definition) is 1. The minimum Gasteiger partial charge on any atom is -0.493 e. The van der Waals surface area contributed by atoms with Gasteiger partial charge in [0.25, 0.3) is 0 Å². The van der Waals surface area contributed by atoms with Crippen LogP contribution in [0.3, 0.4) is 0 Å². The summed E-state index contributed by atoms with van der Waals surface area (Å²) < 4.78 is 28.3. The van der Waals surface area contributed by atoms with Crippen LogP contribution in [0.2, 0.25) is 0 Å². The van der Waals surface area contributed by atoms with Crippen molar-refractivity contribution in [3.8, 4) is 5.75 Å². The molecular formula is C13H20O4S. The molecule has 0 aliphatic heterocycles. The molecule has 0 saturated heterocycles. The van der Waals surface area contributed by atoms with Crippen molar-refractivity contribution in [3.05, 3.63) is 29.8 Å². The third-order valence-corrected chi connectivity index (χ3v) is 4.32. The molecule has 4 nitrogen and oxygen atoms in total. The molecule has 0 amide bonds. The highest BCUT2D eigenvalue weighted by Crippen LogP contribution is 2.12. The largest absolute Gasteiger partial charge is 0.493 e. The predicted octanol–water partition coefficient (Wildman–Crippen LogP) is 1.43. The number of benzene rings is 1. The molecule has 102 valence electrons. The van der Waals surface area contributed by atoms with Gasteiger partial charge in [0.2, 0.25) is 0 Å². The third kappa shape index (κ3) is 5.51. The smallest absolute Gasteiger partial charge is 0.153 e. The summed E-state index contributed by atoms with van der Waals surface area (Å²) in [4.78, 5) is 0. The Bertz CT molecular complexity index is 437. The monoisotopic (exact) mass is 272 g/mol. The Kier molecular flexibility index (Phi) is 6.15. The zero-order valence-electron chi connectivity index (χ0n) is 10.6. The molecule has 0 aliphatic carbocycles. The molecule has 1 rings (SSSR count). The summed E-state index contributed by atoms with van der Waals surface area (Å²) >= 11 is 0. The standard InChI is InChI=1S/C13H20O4S/c1-2-10-18(15,16)11-9-17-13-5-3-12(4-6-13)7-8-14/h3-6,14H,2,7-11H2,1H3. The highest BCUT2D eigenvalue weighted by molar-refractivity contribution is 7.91. The lowest BCUT2D eigenvalue weighted by molar-refractivity contribution is 0.299. The summed E-state index contributed by atoms with van der Waals surface area (Å²) in [5.74, 6) is 0.925. The van der Waals surface area contributed by atoms with Crippen molar-refractivity contribution in [2.24, 2.45) is 0 Å². The molecule has 0 unspecified atom stereocenters. The van der Waals surface area contributed by atoms with Gasteiger partial charge < -0.3 is 9.84 Å². The zero-order valence-corrected chi connectivity index (χ0v) is 11.4. The summed E-state index contributed by atoms with van der Waals surface area (Å²) in [6, 6.07) is 7.31. The van der Waals surface area contributed by atoms with Gasteiger partial charge in [-0.1, -0.05) is 19.1 Å². The molecule has 0 heterocycles. The van der Waals surface area contributed by atoms with E-state index in [1.54, 1.807) is 12.1 Å². The average molecular weight is 272 g/mol. The summed E-state index contributed by atoms with van der Waals surface area (Å²) in [5.41, 5.74) is 1.03. The first-order valence-electron chi connectivity index (χ1n) is 6.10. The van der Waals surface area contributed by atoms with E-state index in [2.05, 4.69) is 0 Å². The molecule has 1 aromatic rings. The summed E-state index contributed by atoms with van der Waals surface area (Å²) in [6.07, 6.45) is 1.25. The lowest BCUT2D eigenvalue weighted by atomic mass is 10.1. The molecule has 0 aromatic heterocycles. The Morgan fingerprint density at radius 3 is 2.39 bits per heavy atom. The van der Waals surface area contributed by atoms with Gasteiger partial charge in [-0.15, -0.1) is 0 Å². The van der Waals surface area contributed by atoms with Crippen LogP contribution in [-0.2, 0) is 16.3 Å². The Balaban J connectivity index is 2.40. The summed E-state index contributed by atoms with van der Waals surface area (Å²) in [7, 11) is -2.98. The number of hydrogen-bond acceptors (Lipinski definition) is 4. The van der Waals surface area contributed by atoms with Crippen LogP contribution >= 0.6 is 0 Å². The van der Waals surface area contributed by atoms with Gasteiger partial charge in [0.15, 0.2) is 9.84 Å².